The monoisotopic (exact) mass is 265 g/mol. The summed E-state index contributed by atoms with van der Waals surface area (Å²) >= 11 is 0. The molecule has 0 radical (unpaired) electrons. The summed E-state index contributed by atoms with van der Waals surface area (Å²) in [5, 5.41) is 21.0. The molecule has 1 amide bonds. The number of phenols is 1. The van der Waals surface area contributed by atoms with E-state index in [0.717, 1.165) is 5.56 Å². The summed E-state index contributed by atoms with van der Waals surface area (Å²) in [5.74, 6) is -1.44. The Balaban J connectivity index is 2.64. The van der Waals surface area contributed by atoms with Gasteiger partial charge in [0.1, 0.15) is 5.75 Å². The number of carbonyl (C=O) groups is 2. The first-order valence-electron chi connectivity index (χ1n) is 6.23. The summed E-state index contributed by atoms with van der Waals surface area (Å²) in [7, 11) is 0. The summed E-state index contributed by atoms with van der Waals surface area (Å²) in [6, 6.07) is 4.78. The van der Waals surface area contributed by atoms with Crippen molar-refractivity contribution in [2.45, 2.75) is 26.7 Å². The molecular formula is C14H19NO4. The average molecular weight is 265 g/mol. The van der Waals surface area contributed by atoms with E-state index < -0.39 is 5.97 Å². The minimum absolute atomic E-state index is 0.0244. The smallest absolute Gasteiger partial charge is 0.303 e. The quantitative estimate of drug-likeness (QED) is 0.733. The Bertz CT molecular complexity index is 471. The summed E-state index contributed by atoms with van der Waals surface area (Å²) in [6.07, 6.45) is 0.697. The lowest BCUT2D eigenvalue weighted by Gasteiger charge is -2.14. The molecule has 5 heteroatoms. The topological polar surface area (TPSA) is 86.6 Å². The molecule has 1 aromatic rings. The van der Waals surface area contributed by atoms with Crippen molar-refractivity contribution in [3.63, 3.8) is 0 Å². The van der Waals surface area contributed by atoms with Gasteiger partial charge in [0.25, 0.3) is 5.91 Å². The fourth-order valence-corrected chi connectivity index (χ4v) is 1.77. The first-order valence-corrected chi connectivity index (χ1v) is 6.23. The number of rotatable bonds is 6. The van der Waals surface area contributed by atoms with Gasteiger partial charge in [0.2, 0.25) is 0 Å². The van der Waals surface area contributed by atoms with Crippen molar-refractivity contribution in [2.75, 3.05) is 6.54 Å². The number of phenolic OH excluding ortho intramolecular Hbond substituents is 1. The van der Waals surface area contributed by atoms with Crippen LogP contribution in [0, 0.1) is 12.8 Å². The highest BCUT2D eigenvalue weighted by atomic mass is 16.4. The molecule has 0 fully saturated rings. The van der Waals surface area contributed by atoms with Gasteiger partial charge in [0.15, 0.2) is 0 Å². The van der Waals surface area contributed by atoms with Crippen LogP contribution < -0.4 is 5.32 Å². The van der Waals surface area contributed by atoms with Crippen molar-refractivity contribution >= 4 is 11.9 Å². The Hall–Kier alpha value is -2.04. The number of carboxylic acid groups (broad SMARTS) is 1. The molecule has 104 valence electrons. The van der Waals surface area contributed by atoms with Gasteiger partial charge in [-0.1, -0.05) is 25.0 Å². The van der Waals surface area contributed by atoms with Gasteiger partial charge >= 0.3 is 5.97 Å². The molecule has 19 heavy (non-hydrogen) atoms. The highest BCUT2D eigenvalue weighted by molar-refractivity contribution is 5.97. The second-order valence-corrected chi connectivity index (χ2v) is 4.60. The van der Waals surface area contributed by atoms with E-state index >= 15 is 0 Å². The molecule has 1 atom stereocenters. The molecule has 1 aromatic carbocycles. The van der Waals surface area contributed by atoms with Gasteiger partial charge in [-0.15, -0.1) is 0 Å². The highest BCUT2D eigenvalue weighted by Gasteiger charge is 2.15. The van der Waals surface area contributed by atoms with Crippen molar-refractivity contribution in [3.05, 3.63) is 29.3 Å². The van der Waals surface area contributed by atoms with Crippen LogP contribution >= 0.6 is 0 Å². The SMILES string of the molecule is CCC(CNC(=O)c1cc(C)ccc1O)CC(=O)O. The van der Waals surface area contributed by atoms with E-state index in [9.17, 15) is 14.7 Å². The standard InChI is InChI=1S/C14H19NO4/c1-3-10(7-13(17)18)8-15-14(19)11-6-9(2)4-5-12(11)16/h4-6,10,16H,3,7-8H2,1-2H3,(H,15,19)(H,17,18). The van der Waals surface area contributed by atoms with Crippen LogP contribution in [0.15, 0.2) is 18.2 Å². The predicted octanol–water partition coefficient (Wildman–Crippen LogP) is 1.93. The van der Waals surface area contributed by atoms with Crippen molar-refractivity contribution in [1.29, 1.82) is 0 Å². The fraction of sp³-hybridized carbons (Fsp3) is 0.429. The summed E-state index contributed by atoms with van der Waals surface area (Å²) < 4.78 is 0. The lowest BCUT2D eigenvalue weighted by atomic mass is 10.0. The zero-order valence-electron chi connectivity index (χ0n) is 11.1. The molecule has 0 spiro atoms. The van der Waals surface area contributed by atoms with Crippen LogP contribution in [0.3, 0.4) is 0 Å². The van der Waals surface area contributed by atoms with Crippen LogP contribution in [0.1, 0.15) is 35.7 Å². The van der Waals surface area contributed by atoms with Crippen LogP contribution in [-0.2, 0) is 4.79 Å². The number of hydrogen-bond acceptors (Lipinski definition) is 3. The number of aryl methyl sites for hydroxylation is 1. The minimum atomic E-state index is -0.875. The number of hydrogen-bond donors (Lipinski definition) is 3. The molecule has 0 saturated carbocycles. The van der Waals surface area contributed by atoms with Crippen LogP contribution in [-0.4, -0.2) is 28.6 Å². The van der Waals surface area contributed by atoms with Crippen molar-refractivity contribution in [2.24, 2.45) is 5.92 Å². The maximum absolute atomic E-state index is 11.9. The highest BCUT2D eigenvalue weighted by Crippen LogP contribution is 2.18. The molecule has 0 aliphatic heterocycles. The normalized spacial score (nSPS) is 11.9. The Kier molecular flexibility index (Phi) is 5.36. The maximum atomic E-state index is 11.9. The van der Waals surface area contributed by atoms with E-state index in [2.05, 4.69) is 5.32 Å². The zero-order valence-corrected chi connectivity index (χ0v) is 11.1. The third-order valence-electron chi connectivity index (χ3n) is 2.99. The van der Waals surface area contributed by atoms with Crippen molar-refractivity contribution < 1.29 is 19.8 Å². The molecule has 0 bridgehead atoms. The molecule has 0 saturated heterocycles. The molecule has 0 aliphatic rings. The van der Waals surface area contributed by atoms with Crippen molar-refractivity contribution in [1.82, 2.24) is 5.32 Å². The molecule has 0 heterocycles. The predicted molar refractivity (Wildman–Crippen MR) is 71.2 cm³/mol. The van der Waals surface area contributed by atoms with E-state index in [0.29, 0.717) is 6.42 Å². The van der Waals surface area contributed by atoms with E-state index in [-0.39, 0.29) is 36.1 Å². The van der Waals surface area contributed by atoms with Gasteiger partial charge in [-0.3, -0.25) is 9.59 Å². The number of aromatic hydroxyl groups is 1. The van der Waals surface area contributed by atoms with Gasteiger partial charge < -0.3 is 15.5 Å². The fourth-order valence-electron chi connectivity index (χ4n) is 1.77. The summed E-state index contributed by atoms with van der Waals surface area (Å²) in [6.45, 7) is 3.99. The second-order valence-electron chi connectivity index (χ2n) is 4.60. The van der Waals surface area contributed by atoms with Gasteiger partial charge in [-0.05, 0) is 25.0 Å². The molecule has 0 aliphatic carbocycles. The number of aliphatic carboxylic acids is 1. The van der Waals surface area contributed by atoms with Gasteiger partial charge in [-0.25, -0.2) is 0 Å². The number of carboxylic acids is 1. The Labute approximate surface area is 112 Å². The Morgan fingerprint density at radius 3 is 2.63 bits per heavy atom. The first-order chi connectivity index (χ1) is 8.93. The van der Waals surface area contributed by atoms with Crippen LogP contribution in [0.5, 0.6) is 5.75 Å². The lowest BCUT2D eigenvalue weighted by Crippen LogP contribution is -2.30. The summed E-state index contributed by atoms with van der Waals surface area (Å²) in [5.41, 5.74) is 1.09. The minimum Gasteiger partial charge on any atom is -0.507 e. The second kappa shape index (κ2) is 6.78. The summed E-state index contributed by atoms with van der Waals surface area (Å²) in [4.78, 5) is 22.5. The third kappa shape index (κ3) is 4.62. The molecular weight excluding hydrogens is 246 g/mol. The van der Waals surface area contributed by atoms with E-state index in [1.807, 2.05) is 13.8 Å². The first kappa shape index (κ1) is 15.0. The number of amides is 1. The largest absolute Gasteiger partial charge is 0.507 e. The van der Waals surface area contributed by atoms with E-state index in [1.165, 1.54) is 6.07 Å². The molecule has 1 unspecified atom stereocenters. The molecule has 0 aromatic heterocycles. The van der Waals surface area contributed by atoms with Gasteiger partial charge in [0, 0.05) is 13.0 Å². The van der Waals surface area contributed by atoms with Gasteiger partial charge in [0.05, 0.1) is 5.56 Å². The van der Waals surface area contributed by atoms with Crippen molar-refractivity contribution in [3.8, 4) is 5.75 Å². The molecule has 1 rings (SSSR count). The van der Waals surface area contributed by atoms with E-state index in [4.69, 9.17) is 5.11 Å². The number of benzene rings is 1. The number of nitrogens with one attached hydrogen (secondary N) is 1. The average Bonchev–Trinajstić information content (AvgIpc) is 2.36. The Morgan fingerprint density at radius 1 is 1.37 bits per heavy atom. The van der Waals surface area contributed by atoms with Gasteiger partial charge in [-0.2, -0.15) is 0 Å². The Morgan fingerprint density at radius 2 is 2.05 bits per heavy atom. The zero-order chi connectivity index (χ0) is 14.4. The van der Waals surface area contributed by atoms with Crippen LogP contribution in [0.25, 0.3) is 0 Å². The molecule has 5 nitrogen and oxygen atoms in total. The molecule has 3 N–H and O–H groups in total. The van der Waals surface area contributed by atoms with Crippen LogP contribution in [0.4, 0.5) is 0 Å². The van der Waals surface area contributed by atoms with Crippen LogP contribution in [0.2, 0.25) is 0 Å². The third-order valence-corrected chi connectivity index (χ3v) is 2.99. The lowest BCUT2D eigenvalue weighted by molar-refractivity contribution is -0.138. The van der Waals surface area contributed by atoms with E-state index in [1.54, 1.807) is 12.1 Å². The maximum Gasteiger partial charge on any atom is 0.303 e. The number of carbonyl (C=O) groups excluding carboxylic acids is 1.